The molecule has 2 aromatic carbocycles. The van der Waals surface area contributed by atoms with Crippen molar-refractivity contribution < 1.29 is 23.7 Å². The minimum atomic E-state index is 0.0642. The van der Waals surface area contributed by atoms with Gasteiger partial charge in [0.25, 0.3) is 0 Å². The van der Waals surface area contributed by atoms with Gasteiger partial charge in [-0.1, -0.05) is 26.0 Å². The van der Waals surface area contributed by atoms with Crippen molar-refractivity contribution >= 4 is 5.91 Å². The minimum Gasteiger partial charge on any atom is -0.493 e. The van der Waals surface area contributed by atoms with E-state index in [0.717, 1.165) is 29.7 Å². The van der Waals surface area contributed by atoms with E-state index in [9.17, 15) is 4.79 Å². The highest BCUT2D eigenvalue weighted by atomic mass is 16.5. The Morgan fingerprint density at radius 2 is 1.40 bits per heavy atom. The molecule has 6 nitrogen and oxygen atoms in total. The van der Waals surface area contributed by atoms with E-state index in [1.54, 1.807) is 21.3 Å². The molecule has 164 valence electrons. The smallest absolute Gasteiger partial charge is 0.227 e. The highest BCUT2D eigenvalue weighted by Gasteiger charge is 2.16. The molecule has 0 aliphatic heterocycles. The largest absolute Gasteiger partial charge is 0.493 e. The van der Waals surface area contributed by atoms with E-state index in [1.165, 1.54) is 0 Å². The first-order valence-corrected chi connectivity index (χ1v) is 10.3. The highest BCUT2D eigenvalue weighted by Crippen LogP contribution is 2.30. The average molecular weight is 416 g/mol. The molecule has 0 saturated heterocycles. The Morgan fingerprint density at radius 1 is 0.800 bits per heavy atom. The van der Waals surface area contributed by atoms with E-state index in [-0.39, 0.29) is 5.91 Å². The fraction of sp³-hybridized carbons (Fsp3) is 0.458. The summed E-state index contributed by atoms with van der Waals surface area (Å²) in [5, 5.41) is 0. The number of methoxy groups -OCH3 is 3. The van der Waals surface area contributed by atoms with Crippen LogP contribution in [0.1, 0.15) is 37.8 Å². The van der Waals surface area contributed by atoms with Crippen LogP contribution in [0.5, 0.6) is 23.0 Å². The van der Waals surface area contributed by atoms with Gasteiger partial charge in [0.05, 0.1) is 34.4 Å². The second-order valence-electron chi connectivity index (χ2n) is 7.02. The Bertz CT molecular complexity index is 821. The first-order chi connectivity index (χ1) is 14.6. The molecular formula is C24H33NO5. The third-order valence-corrected chi connectivity index (χ3v) is 4.71. The summed E-state index contributed by atoms with van der Waals surface area (Å²) in [4.78, 5) is 14.9. The highest BCUT2D eigenvalue weighted by molar-refractivity contribution is 5.79. The number of carbonyl (C=O) groups excluding carboxylic acids is 1. The van der Waals surface area contributed by atoms with Crippen LogP contribution < -0.4 is 18.9 Å². The standard InChI is InChI=1S/C24H33NO5/c1-6-12-25(17-19-9-11-21(30-13-7-2)23(15-19)29-5)24(26)16-18-8-10-20(27-3)22(14-18)28-4/h8-11,14-15H,6-7,12-13,16-17H2,1-5H3. The third-order valence-electron chi connectivity index (χ3n) is 4.71. The lowest BCUT2D eigenvalue weighted by molar-refractivity contribution is -0.131. The Kier molecular flexibility index (Phi) is 9.32. The molecule has 6 heteroatoms. The van der Waals surface area contributed by atoms with Crippen LogP contribution in [0.4, 0.5) is 0 Å². The van der Waals surface area contributed by atoms with Gasteiger partial charge in [-0.3, -0.25) is 4.79 Å². The maximum Gasteiger partial charge on any atom is 0.227 e. The molecule has 0 spiro atoms. The van der Waals surface area contributed by atoms with Crippen molar-refractivity contribution in [3.63, 3.8) is 0 Å². The van der Waals surface area contributed by atoms with Crippen LogP contribution in [0.2, 0.25) is 0 Å². The first kappa shape index (κ1) is 23.4. The average Bonchev–Trinajstić information content (AvgIpc) is 2.77. The molecule has 0 aliphatic rings. The van der Waals surface area contributed by atoms with Crippen molar-refractivity contribution in [3.05, 3.63) is 47.5 Å². The summed E-state index contributed by atoms with van der Waals surface area (Å²) >= 11 is 0. The Balaban J connectivity index is 2.14. The van der Waals surface area contributed by atoms with Gasteiger partial charge >= 0.3 is 0 Å². The maximum atomic E-state index is 13.0. The molecule has 0 N–H and O–H groups in total. The van der Waals surface area contributed by atoms with Crippen molar-refractivity contribution in [2.75, 3.05) is 34.5 Å². The molecule has 0 atom stereocenters. The van der Waals surface area contributed by atoms with Crippen LogP contribution in [0, 0.1) is 0 Å². The van der Waals surface area contributed by atoms with Crippen LogP contribution in [0.15, 0.2) is 36.4 Å². The molecule has 0 aliphatic carbocycles. The molecule has 30 heavy (non-hydrogen) atoms. The fourth-order valence-corrected chi connectivity index (χ4v) is 3.20. The molecule has 0 aromatic heterocycles. The number of carbonyl (C=O) groups is 1. The lowest BCUT2D eigenvalue weighted by Gasteiger charge is -2.23. The minimum absolute atomic E-state index is 0.0642. The number of hydrogen-bond donors (Lipinski definition) is 0. The summed E-state index contributed by atoms with van der Waals surface area (Å²) < 4.78 is 21.8. The number of nitrogens with zero attached hydrogens (tertiary/aromatic N) is 1. The van der Waals surface area contributed by atoms with E-state index < -0.39 is 0 Å². The molecule has 0 bridgehead atoms. The van der Waals surface area contributed by atoms with Gasteiger partial charge in [0.15, 0.2) is 23.0 Å². The van der Waals surface area contributed by atoms with Crippen LogP contribution in [0.25, 0.3) is 0 Å². The predicted octanol–water partition coefficient (Wildman–Crippen LogP) is 4.48. The van der Waals surface area contributed by atoms with Crippen molar-refractivity contribution in [2.45, 2.75) is 39.7 Å². The molecule has 0 unspecified atom stereocenters. The topological polar surface area (TPSA) is 57.2 Å². The zero-order valence-corrected chi connectivity index (χ0v) is 18.7. The van der Waals surface area contributed by atoms with Gasteiger partial charge in [0, 0.05) is 13.1 Å². The summed E-state index contributed by atoms with van der Waals surface area (Å²) in [5.41, 5.74) is 1.89. The zero-order chi connectivity index (χ0) is 21.9. The van der Waals surface area contributed by atoms with Gasteiger partial charge in [-0.05, 0) is 48.2 Å². The number of hydrogen-bond acceptors (Lipinski definition) is 5. The second kappa shape index (κ2) is 12.0. The lowest BCUT2D eigenvalue weighted by Crippen LogP contribution is -2.32. The first-order valence-electron chi connectivity index (χ1n) is 10.3. The number of ether oxygens (including phenoxy) is 4. The zero-order valence-electron chi connectivity index (χ0n) is 18.7. The molecule has 1 amide bonds. The molecule has 0 heterocycles. The monoisotopic (exact) mass is 415 g/mol. The molecule has 2 aromatic rings. The lowest BCUT2D eigenvalue weighted by atomic mass is 10.1. The van der Waals surface area contributed by atoms with Crippen molar-refractivity contribution in [1.82, 2.24) is 4.90 Å². The SMILES string of the molecule is CCCOc1ccc(CN(CCC)C(=O)Cc2ccc(OC)c(OC)c2)cc1OC. The summed E-state index contributed by atoms with van der Waals surface area (Å²) in [6.07, 6.45) is 2.11. The predicted molar refractivity (Wildman–Crippen MR) is 118 cm³/mol. The molecule has 2 rings (SSSR count). The number of rotatable bonds is 12. The fourth-order valence-electron chi connectivity index (χ4n) is 3.20. The Morgan fingerprint density at radius 3 is 2.03 bits per heavy atom. The van der Waals surface area contributed by atoms with E-state index in [4.69, 9.17) is 18.9 Å². The molecule has 0 fully saturated rings. The Hall–Kier alpha value is -2.89. The Labute approximate surface area is 179 Å². The summed E-state index contributed by atoms with van der Waals surface area (Å²) in [6, 6.07) is 11.4. The van der Waals surface area contributed by atoms with Gasteiger partial charge in [-0.2, -0.15) is 0 Å². The van der Waals surface area contributed by atoms with Gasteiger partial charge in [0.2, 0.25) is 5.91 Å². The number of amides is 1. The van der Waals surface area contributed by atoms with Crippen LogP contribution >= 0.6 is 0 Å². The van der Waals surface area contributed by atoms with Crippen LogP contribution in [-0.4, -0.2) is 45.3 Å². The van der Waals surface area contributed by atoms with Crippen molar-refractivity contribution in [2.24, 2.45) is 0 Å². The summed E-state index contributed by atoms with van der Waals surface area (Å²) in [6.45, 7) is 5.97. The van der Waals surface area contributed by atoms with Crippen LogP contribution in [-0.2, 0) is 17.8 Å². The third kappa shape index (κ3) is 6.31. The van der Waals surface area contributed by atoms with E-state index in [1.807, 2.05) is 41.3 Å². The van der Waals surface area contributed by atoms with E-state index in [2.05, 4.69) is 13.8 Å². The molecule has 0 saturated carbocycles. The van der Waals surface area contributed by atoms with Crippen LogP contribution in [0.3, 0.4) is 0 Å². The summed E-state index contributed by atoms with van der Waals surface area (Å²) in [5.74, 6) is 2.75. The van der Waals surface area contributed by atoms with Gasteiger partial charge in [-0.15, -0.1) is 0 Å². The van der Waals surface area contributed by atoms with E-state index >= 15 is 0 Å². The van der Waals surface area contributed by atoms with Crippen molar-refractivity contribution in [1.29, 1.82) is 0 Å². The molecule has 0 radical (unpaired) electrons. The van der Waals surface area contributed by atoms with Crippen molar-refractivity contribution in [3.8, 4) is 23.0 Å². The summed E-state index contributed by atoms with van der Waals surface area (Å²) in [7, 11) is 4.82. The van der Waals surface area contributed by atoms with E-state index in [0.29, 0.717) is 43.4 Å². The van der Waals surface area contributed by atoms with Gasteiger partial charge in [0.1, 0.15) is 0 Å². The normalized spacial score (nSPS) is 10.4. The number of benzene rings is 2. The van der Waals surface area contributed by atoms with Gasteiger partial charge < -0.3 is 23.8 Å². The quantitative estimate of drug-likeness (QED) is 0.511. The maximum absolute atomic E-state index is 13.0. The second-order valence-corrected chi connectivity index (χ2v) is 7.02. The van der Waals surface area contributed by atoms with Gasteiger partial charge in [-0.25, -0.2) is 0 Å². The molecular weight excluding hydrogens is 382 g/mol.